The highest BCUT2D eigenvalue weighted by Gasteiger charge is 2.34. The van der Waals surface area contributed by atoms with E-state index in [9.17, 15) is 13.2 Å². The first-order valence-electron chi connectivity index (χ1n) is 6.34. The highest BCUT2D eigenvalue weighted by Crippen LogP contribution is 2.35. The summed E-state index contributed by atoms with van der Waals surface area (Å²) >= 11 is 0. The Morgan fingerprint density at radius 1 is 1.19 bits per heavy atom. The van der Waals surface area contributed by atoms with Crippen molar-refractivity contribution in [2.45, 2.75) is 19.7 Å². The third-order valence-electron chi connectivity index (χ3n) is 3.08. The van der Waals surface area contributed by atoms with Crippen LogP contribution in [0.4, 0.5) is 18.9 Å². The summed E-state index contributed by atoms with van der Waals surface area (Å²) < 4.78 is 44.7. The van der Waals surface area contributed by atoms with Gasteiger partial charge in [-0.3, -0.25) is 4.98 Å². The lowest BCUT2D eigenvalue weighted by atomic mass is 10.1. The van der Waals surface area contributed by atoms with Gasteiger partial charge in [0.15, 0.2) is 0 Å². The molecule has 21 heavy (non-hydrogen) atoms. The molecule has 0 amide bonds. The van der Waals surface area contributed by atoms with Crippen molar-refractivity contribution in [1.29, 1.82) is 0 Å². The molecule has 0 unspecified atom stereocenters. The molecule has 0 aliphatic rings. The van der Waals surface area contributed by atoms with Crippen LogP contribution in [0.1, 0.15) is 16.8 Å². The van der Waals surface area contributed by atoms with Crippen LogP contribution in [0.2, 0.25) is 0 Å². The van der Waals surface area contributed by atoms with E-state index in [1.54, 1.807) is 38.4 Å². The number of rotatable bonds is 4. The fraction of sp³-hybridized carbons (Fsp3) is 0.267. The molecule has 0 atom stereocenters. The Hall–Kier alpha value is -2.24. The topological polar surface area (TPSA) is 34.1 Å². The van der Waals surface area contributed by atoms with E-state index >= 15 is 0 Å². The zero-order valence-electron chi connectivity index (χ0n) is 11.7. The minimum atomic E-state index is -4.42. The quantitative estimate of drug-likeness (QED) is 0.925. The summed E-state index contributed by atoms with van der Waals surface area (Å²) in [5.41, 5.74) is 0.408. The lowest BCUT2D eigenvalue weighted by Crippen LogP contribution is -2.13. The minimum Gasteiger partial charge on any atom is -0.487 e. The second kappa shape index (κ2) is 6.03. The first-order chi connectivity index (χ1) is 9.93. The molecule has 0 spiro atoms. The van der Waals surface area contributed by atoms with Gasteiger partial charge in [-0.25, -0.2) is 0 Å². The Bertz CT molecular complexity index is 627. The molecule has 1 aromatic heterocycles. The number of nitrogens with one attached hydrogen (secondary N) is 1. The van der Waals surface area contributed by atoms with Crippen LogP contribution in [-0.4, -0.2) is 12.0 Å². The first kappa shape index (κ1) is 15.2. The van der Waals surface area contributed by atoms with Crippen molar-refractivity contribution >= 4 is 5.69 Å². The normalized spacial score (nSPS) is 11.3. The van der Waals surface area contributed by atoms with Gasteiger partial charge in [-0.2, -0.15) is 13.2 Å². The fourth-order valence-corrected chi connectivity index (χ4v) is 2.01. The van der Waals surface area contributed by atoms with Crippen LogP contribution in [0.3, 0.4) is 0 Å². The Morgan fingerprint density at radius 3 is 2.57 bits per heavy atom. The average Bonchev–Trinajstić information content (AvgIpc) is 2.45. The van der Waals surface area contributed by atoms with Gasteiger partial charge in [0.05, 0.1) is 11.3 Å². The molecule has 3 nitrogen and oxygen atoms in total. The second-order valence-corrected chi connectivity index (χ2v) is 4.46. The van der Waals surface area contributed by atoms with E-state index in [1.165, 1.54) is 6.07 Å². The van der Waals surface area contributed by atoms with Crippen molar-refractivity contribution in [2.24, 2.45) is 0 Å². The molecule has 1 aromatic carbocycles. The third-order valence-corrected chi connectivity index (χ3v) is 3.08. The molecule has 6 heteroatoms. The second-order valence-electron chi connectivity index (χ2n) is 4.46. The number of alkyl halides is 3. The highest BCUT2D eigenvalue weighted by molar-refractivity contribution is 5.55. The number of hydrogen-bond acceptors (Lipinski definition) is 3. The summed E-state index contributed by atoms with van der Waals surface area (Å²) in [6.45, 7) is 1.56. The van der Waals surface area contributed by atoms with Crippen LogP contribution in [0.25, 0.3) is 0 Å². The van der Waals surface area contributed by atoms with Crippen LogP contribution < -0.4 is 10.1 Å². The Morgan fingerprint density at radius 2 is 1.95 bits per heavy atom. The number of anilines is 1. The van der Waals surface area contributed by atoms with Crippen molar-refractivity contribution < 1.29 is 17.9 Å². The summed E-state index contributed by atoms with van der Waals surface area (Å²) in [6, 6.07) is 7.36. The van der Waals surface area contributed by atoms with Crippen molar-refractivity contribution in [3.63, 3.8) is 0 Å². The van der Waals surface area contributed by atoms with Crippen LogP contribution in [0, 0.1) is 6.92 Å². The van der Waals surface area contributed by atoms with Gasteiger partial charge in [0.2, 0.25) is 0 Å². The number of aryl methyl sites for hydroxylation is 1. The maximum Gasteiger partial charge on any atom is 0.416 e. The molecule has 0 aliphatic carbocycles. The summed E-state index contributed by atoms with van der Waals surface area (Å²) in [4.78, 5) is 4.04. The first-order valence-corrected chi connectivity index (χ1v) is 6.34. The van der Waals surface area contributed by atoms with Crippen molar-refractivity contribution in [3.05, 3.63) is 53.3 Å². The predicted octanol–water partition coefficient (Wildman–Crippen LogP) is 4.03. The van der Waals surface area contributed by atoms with E-state index in [0.717, 1.165) is 6.07 Å². The van der Waals surface area contributed by atoms with Crippen LogP contribution in [-0.2, 0) is 12.8 Å². The summed E-state index contributed by atoms with van der Waals surface area (Å²) in [7, 11) is 1.58. The SMILES string of the molecule is CNc1cccc(C(F)(F)F)c1COc1cccnc1C. The zero-order chi connectivity index (χ0) is 15.5. The molecule has 0 bridgehead atoms. The zero-order valence-corrected chi connectivity index (χ0v) is 11.7. The van der Waals surface area contributed by atoms with E-state index in [-0.39, 0.29) is 12.2 Å². The van der Waals surface area contributed by atoms with E-state index in [2.05, 4.69) is 10.3 Å². The van der Waals surface area contributed by atoms with Gasteiger partial charge in [-0.05, 0) is 31.2 Å². The standard InChI is InChI=1S/C15H15F3N2O/c1-10-14(7-4-8-20-10)21-9-11-12(15(16,17)18)5-3-6-13(11)19-2/h3-8,19H,9H2,1-2H3. The van der Waals surface area contributed by atoms with Crippen molar-refractivity contribution in [1.82, 2.24) is 4.98 Å². The molecule has 2 aromatic rings. The lowest BCUT2D eigenvalue weighted by molar-refractivity contribution is -0.138. The molecule has 2 rings (SSSR count). The van der Waals surface area contributed by atoms with Gasteiger partial charge >= 0.3 is 6.18 Å². The molecule has 0 fully saturated rings. The lowest BCUT2D eigenvalue weighted by Gasteiger charge is -2.17. The number of nitrogens with zero attached hydrogens (tertiary/aromatic N) is 1. The highest BCUT2D eigenvalue weighted by atomic mass is 19.4. The molecular weight excluding hydrogens is 281 g/mol. The summed E-state index contributed by atoms with van der Waals surface area (Å²) in [5.74, 6) is 0.469. The number of hydrogen-bond donors (Lipinski definition) is 1. The fourth-order valence-electron chi connectivity index (χ4n) is 2.01. The number of aromatic nitrogens is 1. The van der Waals surface area contributed by atoms with Gasteiger partial charge in [0.1, 0.15) is 12.4 Å². The summed E-state index contributed by atoms with van der Waals surface area (Å²) in [5, 5.41) is 2.76. The maximum atomic E-state index is 13.1. The number of benzene rings is 1. The van der Waals surface area contributed by atoms with Crippen molar-refractivity contribution in [3.8, 4) is 5.75 Å². The average molecular weight is 296 g/mol. The van der Waals surface area contributed by atoms with E-state index in [0.29, 0.717) is 17.1 Å². The molecule has 0 saturated carbocycles. The van der Waals surface area contributed by atoms with Gasteiger partial charge in [-0.15, -0.1) is 0 Å². The molecule has 0 aliphatic heterocycles. The third kappa shape index (κ3) is 3.45. The number of ether oxygens (including phenoxy) is 1. The van der Waals surface area contributed by atoms with Gasteiger partial charge in [0, 0.05) is 24.5 Å². The Labute approximate surface area is 120 Å². The van der Waals surface area contributed by atoms with E-state index in [1.807, 2.05) is 0 Å². The van der Waals surface area contributed by atoms with Gasteiger partial charge in [-0.1, -0.05) is 6.07 Å². The number of halogens is 3. The smallest absolute Gasteiger partial charge is 0.416 e. The largest absolute Gasteiger partial charge is 0.487 e. The van der Waals surface area contributed by atoms with E-state index in [4.69, 9.17) is 4.74 Å². The molecule has 1 heterocycles. The maximum absolute atomic E-state index is 13.1. The molecule has 1 N–H and O–H groups in total. The van der Waals surface area contributed by atoms with Crippen LogP contribution in [0.5, 0.6) is 5.75 Å². The van der Waals surface area contributed by atoms with Gasteiger partial charge in [0.25, 0.3) is 0 Å². The summed E-state index contributed by atoms with van der Waals surface area (Å²) in [6.07, 6.45) is -2.82. The van der Waals surface area contributed by atoms with Gasteiger partial charge < -0.3 is 10.1 Å². The molecule has 0 saturated heterocycles. The molecule has 112 valence electrons. The van der Waals surface area contributed by atoms with Crippen LogP contribution in [0.15, 0.2) is 36.5 Å². The van der Waals surface area contributed by atoms with E-state index < -0.39 is 11.7 Å². The van der Waals surface area contributed by atoms with Crippen LogP contribution >= 0.6 is 0 Å². The Kier molecular flexibility index (Phi) is 4.35. The monoisotopic (exact) mass is 296 g/mol. The minimum absolute atomic E-state index is 0.0794. The number of pyridine rings is 1. The molecular formula is C15H15F3N2O. The molecule has 0 radical (unpaired) electrons. The Balaban J connectivity index is 2.32. The predicted molar refractivity (Wildman–Crippen MR) is 74.3 cm³/mol. The van der Waals surface area contributed by atoms with Crippen molar-refractivity contribution in [2.75, 3.05) is 12.4 Å².